The average Bonchev–Trinajstić information content (AvgIpc) is 2.60. The van der Waals surface area contributed by atoms with Crippen LogP contribution in [0.4, 0.5) is 14.9 Å². The lowest BCUT2D eigenvalue weighted by Gasteiger charge is -2.32. The third-order valence-electron chi connectivity index (χ3n) is 4.66. The zero-order valence-electron chi connectivity index (χ0n) is 15.4. The van der Waals surface area contributed by atoms with Gasteiger partial charge in [-0.15, -0.1) is 0 Å². The molecule has 146 valence electrons. The number of benzene rings is 1. The standard InChI is InChI=1S/C19H23FN2O5/c1-11(2)26-19(25)22-7-5-13(6-8-22)27-18(24)15-10-17(23)21-16-9-12(20)3-4-14(15)16/h3-4,9,11,13,15H,5-8,10H2,1-2H3,(H,21,23). The molecule has 0 aliphatic carbocycles. The van der Waals surface area contributed by atoms with Gasteiger partial charge in [0.15, 0.2) is 0 Å². The van der Waals surface area contributed by atoms with E-state index in [4.69, 9.17) is 9.47 Å². The quantitative estimate of drug-likeness (QED) is 0.818. The fourth-order valence-electron chi connectivity index (χ4n) is 3.33. The minimum Gasteiger partial charge on any atom is -0.462 e. The number of halogens is 1. The number of ether oxygens (including phenoxy) is 2. The van der Waals surface area contributed by atoms with Gasteiger partial charge in [-0.25, -0.2) is 9.18 Å². The molecule has 0 radical (unpaired) electrons. The molecule has 2 aliphatic heterocycles. The summed E-state index contributed by atoms with van der Waals surface area (Å²) < 4.78 is 24.1. The van der Waals surface area contributed by atoms with E-state index >= 15 is 0 Å². The van der Waals surface area contributed by atoms with Gasteiger partial charge >= 0.3 is 12.1 Å². The Morgan fingerprint density at radius 1 is 1.26 bits per heavy atom. The van der Waals surface area contributed by atoms with Crippen molar-refractivity contribution in [3.05, 3.63) is 29.6 Å². The van der Waals surface area contributed by atoms with Crippen LogP contribution in [0.1, 0.15) is 44.6 Å². The van der Waals surface area contributed by atoms with Crippen LogP contribution in [0.25, 0.3) is 0 Å². The van der Waals surface area contributed by atoms with Crippen molar-refractivity contribution >= 4 is 23.7 Å². The number of likely N-dealkylation sites (tertiary alicyclic amines) is 1. The highest BCUT2D eigenvalue weighted by atomic mass is 19.1. The first-order valence-corrected chi connectivity index (χ1v) is 9.09. The Balaban J connectivity index is 1.59. The predicted molar refractivity (Wildman–Crippen MR) is 94.7 cm³/mol. The smallest absolute Gasteiger partial charge is 0.410 e. The molecule has 7 nitrogen and oxygen atoms in total. The van der Waals surface area contributed by atoms with Gasteiger partial charge in [0.1, 0.15) is 11.9 Å². The van der Waals surface area contributed by atoms with E-state index in [2.05, 4.69) is 5.32 Å². The number of hydrogen-bond acceptors (Lipinski definition) is 5. The van der Waals surface area contributed by atoms with Crippen LogP contribution in [-0.4, -0.2) is 48.2 Å². The molecule has 1 aromatic rings. The molecule has 1 atom stereocenters. The highest BCUT2D eigenvalue weighted by molar-refractivity contribution is 6.00. The summed E-state index contributed by atoms with van der Waals surface area (Å²) in [5.41, 5.74) is 0.860. The highest BCUT2D eigenvalue weighted by Crippen LogP contribution is 2.34. The van der Waals surface area contributed by atoms with E-state index in [9.17, 15) is 18.8 Å². The monoisotopic (exact) mass is 378 g/mol. The number of rotatable bonds is 3. The molecule has 2 heterocycles. The summed E-state index contributed by atoms with van der Waals surface area (Å²) in [6, 6.07) is 3.96. The fraction of sp³-hybridized carbons (Fsp3) is 0.526. The average molecular weight is 378 g/mol. The van der Waals surface area contributed by atoms with Crippen LogP contribution >= 0.6 is 0 Å². The Kier molecular flexibility index (Phi) is 5.62. The summed E-state index contributed by atoms with van der Waals surface area (Å²) in [6.45, 7) is 4.46. The summed E-state index contributed by atoms with van der Waals surface area (Å²) in [5.74, 6) is -2.08. The molecule has 1 saturated heterocycles. The number of fused-ring (bicyclic) bond motifs is 1. The minimum absolute atomic E-state index is 0.0307. The van der Waals surface area contributed by atoms with Crippen molar-refractivity contribution in [3.63, 3.8) is 0 Å². The molecule has 1 unspecified atom stereocenters. The van der Waals surface area contributed by atoms with Crippen molar-refractivity contribution in [1.82, 2.24) is 4.90 Å². The Morgan fingerprint density at radius 3 is 2.63 bits per heavy atom. The lowest BCUT2D eigenvalue weighted by molar-refractivity contribution is -0.154. The SMILES string of the molecule is CC(C)OC(=O)N1CCC(OC(=O)C2CC(=O)Nc3cc(F)ccc32)CC1. The number of nitrogens with zero attached hydrogens (tertiary/aromatic N) is 1. The van der Waals surface area contributed by atoms with Crippen LogP contribution in [0.15, 0.2) is 18.2 Å². The number of nitrogens with one attached hydrogen (secondary N) is 1. The van der Waals surface area contributed by atoms with E-state index in [0.29, 0.717) is 37.2 Å². The molecule has 0 spiro atoms. The molecule has 1 fully saturated rings. The van der Waals surface area contributed by atoms with Crippen molar-refractivity contribution in [2.75, 3.05) is 18.4 Å². The Labute approximate surface area is 156 Å². The van der Waals surface area contributed by atoms with Crippen molar-refractivity contribution in [3.8, 4) is 0 Å². The van der Waals surface area contributed by atoms with E-state index in [1.165, 1.54) is 18.2 Å². The Hall–Kier alpha value is -2.64. The highest BCUT2D eigenvalue weighted by Gasteiger charge is 2.34. The molecular weight excluding hydrogens is 355 g/mol. The second kappa shape index (κ2) is 7.94. The predicted octanol–water partition coefficient (Wildman–Crippen LogP) is 2.80. The second-order valence-corrected chi connectivity index (χ2v) is 7.09. The number of amides is 2. The topological polar surface area (TPSA) is 84.9 Å². The van der Waals surface area contributed by atoms with Crippen molar-refractivity contribution < 1.29 is 28.2 Å². The molecule has 0 bridgehead atoms. The number of piperidine rings is 1. The normalized spacial score (nSPS) is 20.1. The zero-order valence-corrected chi connectivity index (χ0v) is 15.4. The Bertz CT molecular complexity index is 744. The first kappa shape index (κ1) is 19.1. The van der Waals surface area contributed by atoms with Gasteiger partial charge in [-0.3, -0.25) is 9.59 Å². The molecule has 1 aromatic carbocycles. The fourth-order valence-corrected chi connectivity index (χ4v) is 3.33. The van der Waals surface area contributed by atoms with Gasteiger partial charge in [0.05, 0.1) is 12.0 Å². The molecular formula is C19H23FN2O5. The maximum Gasteiger partial charge on any atom is 0.410 e. The number of hydrogen-bond donors (Lipinski definition) is 1. The van der Waals surface area contributed by atoms with Crippen LogP contribution in [0.2, 0.25) is 0 Å². The summed E-state index contributed by atoms with van der Waals surface area (Å²) in [5, 5.41) is 2.58. The van der Waals surface area contributed by atoms with Crippen LogP contribution in [0, 0.1) is 5.82 Å². The molecule has 27 heavy (non-hydrogen) atoms. The molecule has 2 aliphatic rings. The van der Waals surface area contributed by atoms with Crippen LogP contribution in [-0.2, 0) is 19.1 Å². The van der Waals surface area contributed by atoms with E-state index in [-0.39, 0.29) is 30.6 Å². The van der Waals surface area contributed by atoms with E-state index in [1.807, 2.05) is 0 Å². The van der Waals surface area contributed by atoms with Crippen LogP contribution in [0.3, 0.4) is 0 Å². The second-order valence-electron chi connectivity index (χ2n) is 7.09. The summed E-state index contributed by atoms with van der Waals surface area (Å²) in [6.07, 6.45) is 0.110. The molecule has 2 amide bonds. The van der Waals surface area contributed by atoms with Gasteiger partial charge in [-0.2, -0.15) is 0 Å². The third-order valence-corrected chi connectivity index (χ3v) is 4.66. The van der Waals surface area contributed by atoms with E-state index in [0.717, 1.165) is 0 Å². The zero-order chi connectivity index (χ0) is 19.6. The largest absolute Gasteiger partial charge is 0.462 e. The van der Waals surface area contributed by atoms with E-state index in [1.54, 1.807) is 18.7 Å². The molecule has 1 N–H and O–H groups in total. The molecule has 8 heteroatoms. The van der Waals surface area contributed by atoms with Crippen molar-refractivity contribution in [2.24, 2.45) is 0 Å². The van der Waals surface area contributed by atoms with Gasteiger partial charge in [-0.1, -0.05) is 6.07 Å². The maximum absolute atomic E-state index is 13.4. The first-order valence-electron chi connectivity index (χ1n) is 9.09. The minimum atomic E-state index is -0.752. The van der Waals surface area contributed by atoms with Gasteiger partial charge in [-0.05, 0) is 31.5 Å². The van der Waals surface area contributed by atoms with Crippen molar-refractivity contribution in [1.29, 1.82) is 0 Å². The van der Waals surface area contributed by atoms with Gasteiger partial charge < -0.3 is 19.7 Å². The number of carbonyl (C=O) groups is 3. The summed E-state index contributed by atoms with van der Waals surface area (Å²) in [4.78, 5) is 38.0. The number of anilines is 1. The summed E-state index contributed by atoms with van der Waals surface area (Å²) >= 11 is 0. The van der Waals surface area contributed by atoms with Gasteiger partial charge in [0, 0.05) is 38.0 Å². The van der Waals surface area contributed by atoms with Crippen LogP contribution in [0.5, 0.6) is 0 Å². The molecule has 0 aromatic heterocycles. The van der Waals surface area contributed by atoms with Crippen molar-refractivity contribution in [2.45, 2.75) is 51.2 Å². The van der Waals surface area contributed by atoms with E-state index < -0.39 is 17.7 Å². The number of carbonyl (C=O) groups excluding carboxylic acids is 3. The lowest BCUT2D eigenvalue weighted by atomic mass is 9.90. The first-order chi connectivity index (χ1) is 12.8. The maximum atomic E-state index is 13.4. The Morgan fingerprint density at radius 2 is 1.96 bits per heavy atom. The molecule has 0 saturated carbocycles. The van der Waals surface area contributed by atoms with Gasteiger partial charge in [0.2, 0.25) is 5.91 Å². The number of esters is 1. The molecule has 3 rings (SSSR count). The summed E-state index contributed by atoms with van der Waals surface area (Å²) in [7, 11) is 0. The lowest BCUT2D eigenvalue weighted by Crippen LogP contribution is -2.43. The third kappa shape index (κ3) is 4.56. The van der Waals surface area contributed by atoms with Gasteiger partial charge in [0.25, 0.3) is 0 Å². The van der Waals surface area contributed by atoms with Crippen LogP contribution < -0.4 is 5.32 Å².